The van der Waals surface area contributed by atoms with Gasteiger partial charge in [0.25, 0.3) is 0 Å². The van der Waals surface area contributed by atoms with Crippen molar-refractivity contribution in [2.75, 3.05) is 11.4 Å². The van der Waals surface area contributed by atoms with Crippen LogP contribution in [0.4, 0.5) is 11.4 Å². The Labute approximate surface area is 112 Å². The third kappa shape index (κ3) is 2.68. The Morgan fingerprint density at radius 3 is 2.37 bits per heavy atom. The number of amidine groups is 1. The first-order valence-corrected chi connectivity index (χ1v) is 6.17. The van der Waals surface area contributed by atoms with Crippen molar-refractivity contribution in [3.8, 4) is 0 Å². The second-order valence-corrected chi connectivity index (χ2v) is 4.08. The van der Waals surface area contributed by atoms with E-state index in [4.69, 9.17) is 10.9 Å². The second kappa shape index (κ2) is 5.91. The van der Waals surface area contributed by atoms with Crippen LogP contribution in [0.1, 0.15) is 12.5 Å². The summed E-state index contributed by atoms with van der Waals surface area (Å²) in [7, 11) is 0. The fourth-order valence-electron chi connectivity index (χ4n) is 2.08. The Bertz CT molecular complexity index is 567. The highest BCUT2D eigenvalue weighted by Crippen LogP contribution is 2.27. The van der Waals surface area contributed by atoms with E-state index in [1.54, 1.807) is 0 Å². The molecule has 0 atom stereocenters. The van der Waals surface area contributed by atoms with Gasteiger partial charge in [0.15, 0.2) is 5.84 Å². The van der Waals surface area contributed by atoms with Gasteiger partial charge in [0, 0.05) is 17.8 Å². The molecular weight excluding hydrogens is 238 g/mol. The molecule has 2 aromatic rings. The van der Waals surface area contributed by atoms with Gasteiger partial charge in [0.05, 0.1) is 5.69 Å². The number of para-hydroxylation sites is 2. The molecule has 0 heterocycles. The van der Waals surface area contributed by atoms with Gasteiger partial charge in [-0.05, 0) is 31.2 Å². The quantitative estimate of drug-likeness (QED) is 0.382. The van der Waals surface area contributed by atoms with Gasteiger partial charge in [0.2, 0.25) is 0 Å². The number of nitrogens with zero attached hydrogens (tertiary/aromatic N) is 2. The summed E-state index contributed by atoms with van der Waals surface area (Å²) < 4.78 is 0. The molecule has 4 heteroatoms. The van der Waals surface area contributed by atoms with Gasteiger partial charge < -0.3 is 15.8 Å². The topological polar surface area (TPSA) is 61.8 Å². The van der Waals surface area contributed by atoms with Crippen molar-refractivity contribution in [2.45, 2.75) is 6.92 Å². The number of anilines is 2. The van der Waals surface area contributed by atoms with Crippen LogP contribution in [0, 0.1) is 0 Å². The normalized spacial score (nSPS) is 11.3. The lowest BCUT2D eigenvalue weighted by atomic mass is 10.1. The van der Waals surface area contributed by atoms with E-state index in [9.17, 15) is 0 Å². The Kier molecular flexibility index (Phi) is 4.03. The van der Waals surface area contributed by atoms with Crippen molar-refractivity contribution in [1.82, 2.24) is 0 Å². The van der Waals surface area contributed by atoms with Gasteiger partial charge in [0.1, 0.15) is 0 Å². The first kappa shape index (κ1) is 13.0. The van der Waals surface area contributed by atoms with Gasteiger partial charge in [-0.2, -0.15) is 0 Å². The van der Waals surface area contributed by atoms with E-state index in [1.807, 2.05) is 54.6 Å². The molecule has 0 aliphatic carbocycles. The van der Waals surface area contributed by atoms with Crippen molar-refractivity contribution < 1.29 is 5.21 Å². The van der Waals surface area contributed by atoms with Crippen LogP contribution >= 0.6 is 0 Å². The zero-order valence-electron chi connectivity index (χ0n) is 10.8. The van der Waals surface area contributed by atoms with E-state index < -0.39 is 0 Å². The van der Waals surface area contributed by atoms with E-state index in [-0.39, 0.29) is 5.84 Å². The maximum Gasteiger partial charge on any atom is 0.172 e. The summed E-state index contributed by atoms with van der Waals surface area (Å²) in [4.78, 5) is 2.12. The van der Waals surface area contributed by atoms with Crippen molar-refractivity contribution in [2.24, 2.45) is 10.9 Å². The molecule has 0 fully saturated rings. The molecule has 2 aromatic carbocycles. The SMILES string of the molecule is CCN(c1ccccc1)c1ccccc1/C(N)=N/O. The fraction of sp³-hybridized carbons (Fsp3) is 0.133. The molecular formula is C15H17N3O. The van der Waals surface area contributed by atoms with Crippen LogP contribution in [-0.4, -0.2) is 17.6 Å². The Balaban J connectivity index is 2.51. The van der Waals surface area contributed by atoms with Gasteiger partial charge in [-0.25, -0.2) is 0 Å². The number of hydrogen-bond donors (Lipinski definition) is 2. The zero-order chi connectivity index (χ0) is 13.7. The summed E-state index contributed by atoms with van der Waals surface area (Å²) in [6, 6.07) is 17.6. The molecule has 19 heavy (non-hydrogen) atoms. The fourth-order valence-corrected chi connectivity index (χ4v) is 2.08. The standard InChI is InChI=1S/C15H17N3O/c1-2-18(12-8-4-3-5-9-12)14-11-7-6-10-13(14)15(16)17-19/h3-11,19H,2H2,1H3,(H2,16,17). The van der Waals surface area contributed by atoms with Crippen LogP contribution in [0.15, 0.2) is 59.8 Å². The lowest BCUT2D eigenvalue weighted by molar-refractivity contribution is 0.318. The smallest absolute Gasteiger partial charge is 0.172 e. The number of nitrogens with two attached hydrogens (primary N) is 1. The van der Waals surface area contributed by atoms with Gasteiger partial charge in [-0.3, -0.25) is 0 Å². The average Bonchev–Trinajstić information content (AvgIpc) is 2.49. The van der Waals surface area contributed by atoms with E-state index in [0.717, 1.165) is 23.5 Å². The molecule has 3 N–H and O–H groups in total. The maximum absolute atomic E-state index is 8.88. The van der Waals surface area contributed by atoms with Crippen molar-refractivity contribution >= 4 is 17.2 Å². The minimum absolute atomic E-state index is 0.116. The lowest BCUT2D eigenvalue weighted by Crippen LogP contribution is -2.22. The molecule has 0 spiro atoms. The predicted molar refractivity (Wildman–Crippen MR) is 78.1 cm³/mol. The molecule has 0 amide bonds. The maximum atomic E-state index is 8.88. The molecule has 0 radical (unpaired) electrons. The minimum atomic E-state index is 0.116. The van der Waals surface area contributed by atoms with Crippen LogP contribution in [0.25, 0.3) is 0 Å². The van der Waals surface area contributed by atoms with Crippen LogP contribution < -0.4 is 10.6 Å². The molecule has 98 valence electrons. The molecule has 0 unspecified atom stereocenters. The monoisotopic (exact) mass is 255 g/mol. The summed E-state index contributed by atoms with van der Waals surface area (Å²) in [6.07, 6.45) is 0. The molecule has 4 nitrogen and oxygen atoms in total. The third-order valence-electron chi connectivity index (χ3n) is 2.96. The highest BCUT2D eigenvalue weighted by molar-refractivity contribution is 6.02. The average molecular weight is 255 g/mol. The van der Waals surface area contributed by atoms with Crippen LogP contribution in [0.5, 0.6) is 0 Å². The summed E-state index contributed by atoms with van der Waals surface area (Å²) >= 11 is 0. The number of oxime groups is 1. The largest absolute Gasteiger partial charge is 0.409 e. The number of rotatable bonds is 4. The van der Waals surface area contributed by atoms with Gasteiger partial charge in [-0.1, -0.05) is 35.5 Å². The van der Waals surface area contributed by atoms with Gasteiger partial charge in [-0.15, -0.1) is 0 Å². The molecule has 0 bridgehead atoms. The van der Waals surface area contributed by atoms with Crippen LogP contribution in [0.2, 0.25) is 0 Å². The zero-order valence-corrected chi connectivity index (χ0v) is 10.8. The highest BCUT2D eigenvalue weighted by Gasteiger charge is 2.13. The van der Waals surface area contributed by atoms with E-state index in [2.05, 4.69) is 17.0 Å². The van der Waals surface area contributed by atoms with E-state index in [1.165, 1.54) is 0 Å². The Morgan fingerprint density at radius 1 is 1.11 bits per heavy atom. The second-order valence-electron chi connectivity index (χ2n) is 4.08. The first-order chi connectivity index (χ1) is 9.27. The predicted octanol–water partition coefficient (Wildman–Crippen LogP) is 2.94. The van der Waals surface area contributed by atoms with Crippen LogP contribution in [-0.2, 0) is 0 Å². The highest BCUT2D eigenvalue weighted by atomic mass is 16.4. The van der Waals surface area contributed by atoms with Crippen molar-refractivity contribution in [3.05, 3.63) is 60.2 Å². The van der Waals surface area contributed by atoms with Crippen LogP contribution in [0.3, 0.4) is 0 Å². The Hall–Kier alpha value is -2.49. The molecule has 0 aliphatic heterocycles. The molecule has 0 aliphatic rings. The summed E-state index contributed by atoms with van der Waals surface area (Å²) in [5.41, 5.74) is 8.45. The lowest BCUT2D eigenvalue weighted by Gasteiger charge is -2.25. The van der Waals surface area contributed by atoms with Crippen molar-refractivity contribution in [1.29, 1.82) is 0 Å². The molecule has 0 saturated heterocycles. The number of benzene rings is 2. The van der Waals surface area contributed by atoms with E-state index in [0.29, 0.717) is 0 Å². The molecule has 2 rings (SSSR count). The minimum Gasteiger partial charge on any atom is -0.409 e. The number of hydrogen-bond acceptors (Lipinski definition) is 3. The van der Waals surface area contributed by atoms with E-state index >= 15 is 0 Å². The van der Waals surface area contributed by atoms with Crippen molar-refractivity contribution in [3.63, 3.8) is 0 Å². The third-order valence-corrected chi connectivity index (χ3v) is 2.96. The Morgan fingerprint density at radius 2 is 1.74 bits per heavy atom. The summed E-state index contributed by atoms with van der Waals surface area (Å²) in [6.45, 7) is 2.86. The molecule has 0 aromatic heterocycles. The summed E-state index contributed by atoms with van der Waals surface area (Å²) in [5.74, 6) is 0.116. The molecule has 0 saturated carbocycles. The van der Waals surface area contributed by atoms with Gasteiger partial charge >= 0.3 is 0 Å². The summed E-state index contributed by atoms with van der Waals surface area (Å²) in [5, 5.41) is 12.0. The first-order valence-electron chi connectivity index (χ1n) is 6.17.